The molecule has 0 amide bonds. The molecule has 3 aromatic rings. The Kier molecular flexibility index (Phi) is 6.04. The minimum atomic E-state index is -1.63. The van der Waals surface area contributed by atoms with E-state index in [1.165, 1.54) is 19.2 Å². The predicted molar refractivity (Wildman–Crippen MR) is 99.5 cm³/mol. The fraction of sp³-hybridized carbons (Fsp3) is 0.200. The van der Waals surface area contributed by atoms with Crippen molar-refractivity contribution in [3.05, 3.63) is 81.0 Å². The van der Waals surface area contributed by atoms with Crippen LogP contribution in [-0.2, 0) is 13.0 Å². The summed E-state index contributed by atoms with van der Waals surface area (Å²) in [7, 11) is 1.28. The smallest absolute Gasteiger partial charge is 0.310 e. The fourth-order valence-corrected chi connectivity index (χ4v) is 2.86. The van der Waals surface area contributed by atoms with Gasteiger partial charge in [-0.2, -0.15) is 9.37 Å². The van der Waals surface area contributed by atoms with Gasteiger partial charge in [-0.05, 0) is 35.7 Å². The number of nitrogens with zero attached hydrogens (tertiary/aromatic N) is 2. The Morgan fingerprint density at radius 1 is 1.00 bits per heavy atom. The Balaban J connectivity index is 2.06. The van der Waals surface area contributed by atoms with Gasteiger partial charge in [0.05, 0.1) is 13.7 Å². The van der Waals surface area contributed by atoms with Crippen molar-refractivity contribution >= 4 is 11.6 Å². The molecule has 1 aromatic heterocycles. The molecule has 0 fully saturated rings. The molecule has 0 bridgehead atoms. The number of ether oxygens (including phenoxy) is 1. The minimum absolute atomic E-state index is 0.0355. The van der Waals surface area contributed by atoms with Crippen LogP contribution in [-0.4, -0.2) is 16.7 Å². The molecular formula is C20H16F5N3O2. The molecule has 1 N–H and O–H groups in total. The molecule has 5 nitrogen and oxygen atoms in total. The Morgan fingerprint density at radius 3 is 2.27 bits per heavy atom. The van der Waals surface area contributed by atoms with E-state index >= 15 is 0 Å². The SMILES string of the molecule is CCc1cc(F)c(OC)cc1Nc1nc(=O)c(F)cn1Cc1cc(F)c(F)c(F)c1. The molecule has 1 heterocycles. The van der Waals surface area contributed by atoms with Crippen LogP contribution in [0, 0.1) is 29.1 Å². The van der Waals surface area contributed by atoms with Gasteiger partial charge in [-0.25, -0.2) is 17.6 Å². The number of hydrogen-bond acceptors (Lipinski definition) is 4. The van der Waals surface area contributed by atoms with E-state index in [1.807, 2.05) is 0 Å². The highest BCUT2D eigenvalue weighted by atomic mass is 19.2. The third-order valence-corrected chi connectivity index (χ3v) is 4.35. The van der Waals surface area contributed by atoms with Crippen LogP contribution >= 0.6 is 0 Å². The zero-order valence-corrected chi connectivity index (χ0v) is 15.9. The molecule has 0 atom stereocenters. The zero-order chi connectivity index (χ0) is 22.0. The molecular weight excluding hydrogens is 409 g/mol. The van der Waals surface area contributed by atoms with Crippen LogP contribution in [0.1, 0.15) is 18.1 Å². The molecule has 0 aliphatic heterocycles. The lowest BCUT2D eigenvalue weighted by molar-refractivity contribution is 0.386. The van der Waals surface area contributed by atoms with Crippen molar-refractivity contribution in [2.75, 3.05) is 12.4 Å². The average molecular weight is 425 g/mol. The van der Waals surface area contributed by atoms with E-state index in [-0.39, 0.29) is 23.8 Å². The Hall–Kier alpha value is -3.43. The average Bonchev–Trinajstić information content (AvgIpc) is 2.70. The van der Waals surface area contributed by atoms with Crippen LogP contribution < -0.4 is 15.6 Å². The number of rotatable bonds is 6. The molecule has 0 unspecified atom stereocenters. The minimum Gasteiger partial charge on any atom is -0.494 e. The highest BCUT2D eigenvalue weighted by molar-refractivity contribution is 5.62. The number of aryl methyl sites for hydroxylation is 1. The molecule has 0 radical (unpaired) electrons. The number of nitrogens with one attached hydrogen (secondary N) is 1. The van der Waals surface area contributed by atoms with Crippen LogP contribution in [0.4, 0.5) is 33.6 Å². The van der Waals surface area contributed by atoms with Crippen molar-refractivity contribution in [1.82, 2.24) is 9.55 Å². The van der Waals surface area contributed by atoms with Gasteiger partial charge in [0.1, 0.15) is 0 Å². The maximum Gasteiger partial charge on any atom is 0.310 e. The maximum atomic E-state index is 14.0. The van der Waals surface area contributed by atoms with Gasteiger partial charge < -0.3 is 14.6 Å². The molecule has 0 aliphatic rings. The van der Waals surface area contributed by atoms with Gasteiger partial charge in [-0.15, -0.1) is 0 Å². The van der Waals surface area contributed by atoms with Gasteiger partial charge in [0.25, 0.3) is 0 Å². The molecule has 158 valence electrons. The first-order valence-electron chi connectivity index (χ1n) is 8.77. The second-order valence-electron chi connectivity index (χ2n) is 6.34. The monoisotopic (exact) mass is 425 g/mol. The largest absolute Gasteiger partial charge is 0.494 e. The molecule has 0 saturated heterocycles. The van der Waals surface area contributed by atoms with Gasteiger partial charge in [0.2, 0.25) is 11.8 Å². The summed E-state index contributed by atoms with van der Waals surface area (Å²) in [5.74, 6) is -6.50. The van der Waals surface area contributed by atoms with Gasteiger partial charge in [-0.3, -0.25) is 4.79 Å². The van der Waals surface area contributed by atoms with Gasteiger partial charge in [0, 0.05) is 18.0 Å². The van der Waals surface area contributed by atoms with Crippen molar-refractivity contribution in [2.24, 2.45) is 0 Å². The highest BCUT2D eigenvalue weighted by Crippen LogP contribution is 2.29. The van der Waals surface area contributed by atoms with E-state index in [0.717, 1.165) is 22.9 Å². The van der Waals surface area contributed by atoms with Crippen molar-refractivity contribution in [2.45, 2.75) is 19.9 Å². The van der Waals surface area contributed by atoms with Gasteiger partial charge in [0.15, 0.2) is 29.0 Å². The van der Waals surface area contributed by atoms with Crippen molar-refractivity contribution < 1.29 is 26.7 Å². The van der Waals surface area contributed by atoms with E-state index in [1.54, 1.807) is 6.92 Å². The molecule has 0 aliphatic carbocycles. The zero-order valence-electron chi connectivity index (χ0n) is 15.9. The summed E-state index contributed by atoms with van der Waals surface area (Å²) in [6.45, 7) is 1.43. The highest BCUT2D eigenvalue weighted by Gasteiger charge is 2.16. The summed E-state index contributed by atoms with van der Waals surface area (Å²) >= 11 is 0. The van der Waals surface area contributed by atoms with Crippen molar-refractivity contribution in [3.8, 4) is 5.75 Å². The Labute approximate surface area is 167 Å². The molecule has 30 heavy (non-hydrogen) atoms. The second-order valence-corrected chi connectivity index (χ2v) is 6.34. The summed E-state index contributed by atoms with van der Waals surface area (Å²) in [5.41, 5.74) is -0.360. The standard InChI is InChI=1S/C20H16F5N3O2/c1-3-11-6-12(21)17(30-2)7-16(11)26-20-27-19(29)15(24)9-28(20)8-10-4-13(22)18(25)14(23)5-10/h4-7,9H,3,8H2,1-2H3,(H,26,27,29). The Morgan fingerprint density at radius 2 is 1.67 bits per heavy atom. The quantitative estimate of drug-likeness (QED) is 0.473. The molecule has 0 spiro atoms. The molecule has 10 heteroatoms. The van der Waals surface area contributed by atoms with E-state index in [2.05, 4.69) is 10.3 Å². The molecule has 2 aromatic carbocycles. The van der Waals surface area contributed by atoms with E-state index in [9.17, 15) is 26.7 Å². The number of anilines is 2. The van der Waals surface area contributed by atoms with Crippen LogP contribution in [0.5, 0.6) is 5.75 Å². The number of hydrogen-bond donors (Lipinski definition) is 1. The van der Waals surface area contributed by atoms with E-state index in [4.69, 9.17) is 4.74 Å². The third kappa shape index (κ3) is 4.27. The summed E-state index contributed by atoms with van der Waals surface area (Å²) in [5, 5.41) is 2.80. The second kappa shape index (κ2) is 8.52. The number of aromatic nitrogens is 2. The topological polar surface area (TPSA) is 56.1 Å². The molecule has 3 rings (SSSR count). The Bertz CT molecular complexity index is 1140. The lowest BCUT2D eigenvalue weighted by atomic mass is 10.1. The van der Waals surface area contributed by atoms with Crippen molar-refractivity contribution in [1.29, 1.82) is 0 Å². The number of halogens is 5. The van der Waals surface area contributed by atoms with Crippen LogP contribution in [0.25, 0.3) is 0 Å². The summed E-state index contributed by atoms with van der Waals surface area (Å²) in [6, 6.07) is 4.07. The lowest BCUT2D eigenvalue weighted by Crippen LogP contribution is -2.20. The number of methoxy groups -OCH3 is 1. The van der Waals surface area contributed by atoms with Crippen LogP contribution in [0.2, 0.25) is 0 Å². The molecule has 0 saturated carbocycles. The summed E-state index contributed by atoms with van der Waals surface area (Å²) in [6.07, 6.45) is 1.20. The normalized spacial score (nSPS) is 10.9. The predicted octanol–water partition coefficient (Wildman–Crippen LogP) is 4.30. The van der Waals surface area contributed by atoms with Crippen LogP contribution in [0.15, 0.2) is 35.3 Å². The van der Waals surface area contributed by atoms with Gasteiger partial charge >= 0.3 is 5.56 Å². The van der Waals surface area contributed by atoms with E-state index in [0.29, 0.717) is 17.7 Å². The van der Waals surface area contributed by atoms with E-state index < -0.39 is 34.6 Å². The van der Waals surface area contributed by atoms with Crippen LogP contribution in [0.3, 0.4) is 0 Å². The summed E-state index contributed by atoms with van der Waals surface area (Å²) in [4.78, 5) is 15.3. The van der Waals surface area contributed by atoms with Gasteiger partial charge in [-0.1, -0.05) is 6.92 Å². The fourth-order valence-electron chi connectivity index (χ4n) is 2.86. The first-order valence-corrected chi connectivity index (χ1v) is 8.77. The lowest BCUT2D eigenvalue weighted by Gasteiger charge is -2.17. The van der Waals surface area contributed by atoms with Crippen molar-refractivity contribution in [3.63, 3.8) is 0 Å². The first-order chi connectivity index (χ1) is 14.2. The first kappa shape index (κ1) is 21.3. The third-order valence-electron chi connectivity index (χ3n) is 4.35. The maximum absolute atomic E-state index is 14.0. The summed E-state index contributed by atoms with van der Waals surface area (Å²) < 4.78 is 74.1. The number of benzene rings is 2.